The molecule has 1 aliphatic heterocycles. The summed E-state index contributed by atoms with van der Waals surface area (Å²) in [6.07, 6.45) is 5.36. The Morgan fingerprint density at radius 2 is 1.85 bits per heavy atom. The van der Waals surface area contributed by atoms with Gasteiger partial charge in [0, 0.05) is 29.6 Å². The van der Waals surface area contributed by atoms with Gasteiger partial charge in [0.25, 0.3) is 0 Å². The number of nitrogens with one attached hydrogen (secondary N) is 1. The van der Waals surface area contributed by atoms with Gasteiger partial charge in [-0.25, -0.2) is 4.79 Å². The molecule has 1 aliphatic rings. The van der Waals surface area contributed by atoms with Crippen LogP contribution in [0.25, 0.3) is 0 Å². The number of aromatic nitrogens is 4. The third kappa shape index (κ3) is 3.97. The van der Waals surface area contributed by atoms with Gasteiger partial charge in [-0.2, -0.15) is 0 Å². The van der Waals surface area contributed by atoms with E-state index in [0.29, 0.717) is 25.3 Å². The molecule has 0 radical (unpaired) electrons. The minimum absolute atomic E-state index is 0.114. The summed E-state index contributed by atoms with van der Waals surface area (Å²) < 4.78 is 10.5. The summed E-state index contributed by atoms with van der Waals surface area (Å²) in [6.45, 7) is 1.13. The first-order chi connectivity index (χ1) is 13.3. The highest BCUT2D eigenvalue weighted by atomic mass is 16.5. The molecule has 1 aromatic carbocycles. The van der Waals surface area contributed by atoms with Gasteiger partial charge in [-0.15, -0.1) is 10.2 Å². The van der Waals surface area contributed by atoms with Crippen LogP contribution >= 0.6 is 0 Å². The zero-order chi connectivity index (χ0) is 18.5. The molecule has 4 rings (SSSR count). The number of nitrogens with zero attached hydrogens (tertiary/aromatic N) is 5. The number of hydrogen-bond donors (Lipinski definition) is 1. The quantitative estimate of drug-likeness (QED) is 0.736. The van der Waals surface area contributed by atoms with E-state index in [9.17, 15) is 4.79 Å². The molecule has 0 aliphatic carbocycles. The van der Waals surface area contributed by atoms with Crippen LogP contribution < -0.4 is 5.32 Å². The molecule has 2 amide bonds. The van der Waals surface area contributed by atoms with Gasteiger partial charge in [0.15, 0.2) is 11.5 Å². The SMILES string of the molecule is O=C(NCCc1ccccc1)N1CCC(c2cnno2)CC1c1cnno1. The van der Waals surface area contributed by atoms with Crippen molar-refractivity contribution in [3.8, 4) is 0 Å². The van der Waals surface area contributed by atoms with E-state index < -0.39 is 0 Å². The Morgan fingerprint density at radius 1 is 1.11 bits per heavy atom. The second-order valence-electron chi connectivity index (χ2n) is 6.54. The van der Waals surface area contributed by atoms with Crippen molar-refractivity contribution in [2.45, 2.75) is 31.2 Å². The second kappa shape index (κ2) is 7.98. The third-order valence-electron chi connectivity index (χ3n) is 4.88. The molecule has 0 spiro atoms. The summed E-state index contributed by atoms with van der Waals surface area (Å²) in [6, 6.07) is 9.67. The molecule has 0 bridgehead atoms. The molecule has 9 heteroatoms. The highest BCUT2D eigenvalue weighted by Crippen LogP contribution is 2.38. The number of hydrogen-bond acceptors (Lipinski definition) is 7. The lowest BCUT2D eigenvalue weighted by Crippen LogP contribution is -2.46. The minimum Gasteiger partial charge on any atom is -0.342 e. The van der Waals surface area contributed by atoms with Gasteiger partial charge in [-0.3, -0.25) is 0 Å². The summed E-state index contributed by atoms with van der Waals surface area (Å²) in [5.74, 6) is 1.39. The lowest BCUT2D eigenvalue weighted by molar-refractivity contribution is 0.120. The lowest BCUT2D eigenvalue weighted by Gasteiger charge is -2.37. The highest BCUT2D eigenvalue weighted by molar-refractivity contribution is 5.74. The number of rotatable bonds is 5. The van der Waals surface area contributed by atoms with Crippen molar-refractivity contribution in [1.29, 1.82) is 0 Å². The summed E-state index contributed by atoms with van der Waals surface area (Å²) in [4.78, 5) is 14.5. The number of carbonyl (C=O) groups excluding carboxylic acids is 1. The predicted molar refractivity (Wildman–Crippen MR) is 93.6 cm³/mol. The number of amides is 2. The average Bonchev–Trinajstić information content (AvgIpc) is 3.42. The molecular weight excluding hydrogens is 348 g/mol. The Hall–Kier alpha value is -3.23. The van der Waals surface area contributed by atoms with E-state index in [1.807, 2.05) is 30.3 Å². The maximum absolute atomic E-state index is 12.8. The van der Waals surface area contributed by atoms with Crippen LogP contribution in [0.3, 0.4) is 0 Å². The molecular formula is C18H20N6O3. The van der Waals surface area contributed by atoms with E-state index in [2.05, 4.69) is 26.1 Å². The summed E-state index contributed by atoms with van der Waals surface area (Å²) in [5, 5.41) is 17.6. The number of benzene rings is 1. The molecule has 2 atom stereocenters. The standard InChI is InChI=1S/C18H20N6O3/c25-18(19-8-6-13-4-2-1-3-5-13)24-9-7-14(16-11-20-22-26-16)10-15(24)17-12-21-23-27-17/h1-5,11-12,14-15H,6-10H2,(H,19,25). The van der Waals surface area contributed by atoms with Gasteiger partial charge in [-0.05, 0) is 24.8 Å². The van der Waals surface area contributed by atoms with Crippen LogP contribution in [0, 0.1) is 0 Å². The molecule has 3 heterocycles. The third-order valence-corrected chi connectivity index (χ3v) is 4.88. The summed E-state index contributed by atoms with van der Waals surface area (Å²) in [5.41, 5.74) is 1.19. The molecule has 2 unspecified atom stereocenters. The molecule has 3 aromatic rings. The van der Waals surface area contributed by atoms with Gasteiger partial charge >= 0.3 is 6.03 Å². The average molecular weight is 368 g/mol. The Morgan fingerprint density at radius 3 is 2.56 bits per heavy atom. The van der Waals surface area contributed by atoms with Crippen LogP contribution in [0.15, 0.2) is 51.8 Å². The van der Waals surface area contributed by atoms with E-state index in [1.165, 1.54) is 5.56 Å². The maximum Gasteiger partial charge on any atom is 0.318 e. The van der Waals surface area contributed by atoms with Crippen LogP contribution in [0.4, 0.5) is 4.79 Å². The van der Waals surface area contributed by atoms with Crippen LogP contribution in [0.1, 0.15) is 41.9 Å². The molecule has 2 aromatic heterocycles. The monoisotopic (exact) mass is 368 g/mol. The van der Waals surface area contributed by atoms with E-state index in [4.69, 9.17) is 9.05 Å². The molecule has 1 N–H and O–H groups in total. The first-order valence-corrected chi connectivity index (χ1v) is 8.94. The normalized spacial score (nSPS) is 19.8. The van der Waals surface area contributed by atoms with Crippen molar-refractivity contribution in [3.05, 3.63) is 59.8 Å². The number of likely N-dealkylation sites (tertiary alicyclic amines) is 1. The van der Waals surface area contributed by atoms with E-state index in [0.717, 1.165) is 18.6 Å². The van der Waals surface area contributed by atoms with Crippen molar-refractivity contribution in [1.82, 2.24) is 31.0 Å². The van der Waals surface area contributed by atoms with Crippen molar-refractivity contribution in [2.75, 3.05) is 13.1 Å². The Bertz CT molecular complexity index is 837. The predicted octanol–water partition coefficient (Wildman–Crippen LogP) is 2.33. The molecule has 9 nitrogen and oxygen atoms in total. The number of carbonyl (C=O) groups is 1. The smallest absolute Gasteiger partial charge is 0.318 e. The first-order valence-electron chi connectivity index (χ1n) is 8.94. The molecule has 0 saturated carbocycles. The van der Waals surface area contributed by atoms with E-state index in [1.54, 1.807) is 17.3 Å². The molecule has 27 heavy (non-hydrogen) atoms. The summed E-state index contributed by atoms with van der Waals surface area (Å²) in [7, 11) is 0. The highest BCUT2D eigenvalue weighted by Gasteiger charge is 2.37. The van der Waals surface area contributed by atoms with Crippen molar-refractivity contribution in [2.24, 2.45) is 0 Å². The van der Waals surface area contributed by atoms with Gasteiger partial charge in [0.2, 0.25) is 0 Å². The largest absolute Gasteiger partial charge is 0.342 e. The fourth-order valence-corrected chi connectivity index (χ4v) is 3.47. The van der Waals surface area contributed by atoms with Crippen molar-refractivity contribution >= 4 is 6.03 Å². The Kier molecular flexibility index (Phi) is 5.08. The van der Waals surface area contributed by atoms with Gasteiger partial charge < -0.3 is 19.3 Å². The lowest BCUT2D eigenvalue weighted by atomic mass is 9.88. The zero-order valence-electron chi connectivity index (χ0n) is 14.7. The maximum atomic E-state index is 12.8. The van der Waals surface area contributed by atoms with E-state index in [-0.39, 0.29) is 18.0 Å². The molecule has 1 saturated heterocycles. The Balaban J connectivity index is 1.41. The summed E-state index contributed by atoms with van der Waals surface area (Å²) >= 11 is 0. The Labute approximate surface area is 155 Å². The fraction of sp³-hybridized carbons (Fsp3) is 0.389. The van der Waals surface area contributed by atoms with Gasteiger partial charge in [0.1, 0.15) is 0 Å². The molecule has 1 fully saturated rings. The second-order valence-corrected chi connectivity index (χ2v) is 6.54. The number of urea groups is 1. The van der Waals surface area contributed by atoms with Crippen molar-refractivity contribution in [3.63, 3.8) is 0 Å². The topological polar surface area (TPSA) is 110 Å². The minimum atomic E-state index is -0.263. The van der Waals surface area contributed by atoms with Gasteiger partial charge in [-0.1, -0.05) is 30.3 Å². The number of piperidine rings is 1. The van der Waals surface area contributed by atoms with Crippen molar-refractivity contribution < 1.29 is 13.8 Å². The van der Waals surface area contributed by atoms with Crippen LogP contribution in [0.5, 0.6) is 0 Å². The van der Waals surface area contributed by atoms with Crippen LogP contribution in [-0.2, 0) is 6.42 Å². The van der Waals surface area contributed by atoms with E-state index >= 15 is 0 Å². The molecule has 140 valence electrons. The van der Waals surface area contributed by atoms with Crippen LogP contribution in [-0.4, -0.2) is 44.8 Å². The van der Waals surface area contributed by atoms with Gasteiger partial charge in [0.05, 0.1) is 18.4 Å². The fourth-order valence-electron chi connectivity index (χ4n) is 3.47. The van der Waals surface area contributed by atoms with Crippen LogP contribution in [0.2, 0.25) is 0 Å². The zero-order valence-corrected chi connectivity index (χ0v) is 14.7. The first kappa shape index (κ1) is 17.2.